The van der Waals surface area contributed by atoms with Gasteiger partial charge in [0.25, 0.3) is 0 Å². The van der Waals surface area contributed by atoms with Crippen LogP contribution in [-0.2, 0) is 75.0 Å². The lowest BCUT2D eigenvalue weighted by molar-refractivity contribution is -0.0909. The molecule has 98 heavy (non-hydrogen) atoms. The quantitative estimate of drug-likeness (QED) is 0.0214. The van der Waals surface area contributed by atoms with Crippen molar-refractivity contribution in [2.24, 2.45) is 23.7 Å². The lowest BCUT2D eigenvalue weighted by atomic mass is 10.0. The van der Waals surface area contributed by atoms with Crippen molar-refractivity contribution in [3.8, 4) is 28.7 Å². The van der Waals surface area contributed by atoms with Crippen molar-refractivity contribution < 1.29 is 112 Å². The highest BCUT2D eigenvalue weighted by atomic mass is 32.2. The Morgan fingerprint density at radius 3 is 1.33 bits per heavy atom. The Bertz CT molecular complexity index is 3660. The van der Waals surface area contributed by atoms with Crippen LogP contribution in [0.4, 0.5) is 9.59 Å². The van der Waals surface area contributed by atoms with Crippen molar-refractivity contribution in [1.82, 2.24) is 19.2 Å². The summed E-state index contributed by atoms with van der Waals surface area (Å²) in [4.78, 5) is 44.6. The molecular formula is C66H90N4O24P2S2. The highest BCUT2D eigenvalue weighted by Crippen LogP contribution is 2.48. The molecule has 11 atom stereocenters. The Morgan fingerprint density at radius 2 is 0.949 bits per heavy atom. The number of alkyl carbamates (subject to hydrolysis) is 2. The zero-order chi connectivity index (χ0) is 70.8. The first-order chi connectivity index (χ1) is 46.6. The number of fused-ring (bicyclic) bond motifs is 2. The molecule has 4 fully saturated rings. The molecule has 0 radical (unpaired) electrons. The second-order valence-corrected chi connectivity index (χ2v) is 32.1. The van der Waals surface area contributed by atoms with Crippen LogP contribution in [0.5, 0.6) is 28.7 Å². The van der Waals surface area contributed by atoms with E-state index >= 15 is 0 Å². The molecule has 4 aliphatic rings. The van der Waals surface area contributed by atoms with E-state index in [0.717, 1.165) is 0 Å². The van der Waals surface area contributed by atoms with Crippen LogP contribution in [-0.4, -0.2) is 193 Å². The summed E-state index contributed by atoms with van der Waals surface area (Å²) in [5.41, 5.74) is 1.32. The van der Waals surface area contributed by atoms with E-state index in [-0.39, 0.29) is 104 Å². The van der Waals surface area contributed by atoms with E-state index in [1.807, 2.05) is 33.8 Å². The number of ether oxygens (including phenoxy) is 10. The second-order valence-electron chi connectivity index (χ2n) is 24.7. The summed E-state index contributed by atoms with van der Waals surface area (Å²) >= 11 is 0. The van der Waals surface area contributed by atoms with Gasteiger partial charge in [0.1, 0.15) is 41.0 Å². The number of aliphatic hydroxyl groups is 2. The van der Waals surface area contributed by atoms with E-state index in [2.05, 4.69) is 10.6 Å². The Morgan fingerprint density at radius 1 is 0.551 bits per heavy atom. The zero-order valence-corrected chi connectivity index (χ0v) is 59.1. The van der Waals surface area contributed by atoms with Crippen LogP contribution in [0, 0.1) is 23.7 Å². The number of carbonyl (C=O) groups is 2. The van der Waals surface area contributed by atoms with E-state index in [0.29, 0.717) is 60.2 Å². The van der Waals surface area contributed by atoms with Gasteiger partial charge < -0.3 is 82.5 Å². The van der Waals surface area contributed by atoms with Crippen molar-refractivity contribution in [1.29, 1.82) is 0 Å². The molecule has 9 rings (SSSR count). The van der Waals surface area contributed by atoms with E-state index < -0.39 is 103 Å². The highest BCUT2D eigenvalue weighted by Gasteiger charge is 2.46. The number of carbonyl (C=O) groups excluding carboxylic acids is 2. The van der Waals surface area contributed by atoms with Crippen molar-refractivity contribution in [3.05, 3.63) is 139 Å². The number of hydrogen-bond donors (Lipinski definition) is 6. The van der Waals surface area contributed by atoms with Crippen LogP contribution in [0.3, 0.4) is 0 Å². The lowest BCUT2D eigenvalue weighted by Gasteiger charge is -2.31. The number of hydrogen-bond acceptors (Lipinski definition) is 22. The van der Waals surface area contributed by atoms with Gasteiger partial charge in [-0.05, 0) is 140 Å². The Labute approximate surface area is 572 Å². The van der Waals surface area contributed by atoms with Gasteiger partial charge in [0.2, 0.25) is 26.4 Å². The Kier molecular flexibility index (Phi) is 28.2. The van der Waals surface area contributed by atoms with Gasteiger partial charge in [-0.1, -0.05) is 70.2 Å². The first-order valence-corrected chi connectivity index (χ1v) is 38.6. The summed E-state index contributed by atoms with van der Waals surface area (Å²) in [5.74, 6) is 1.65. The molecule has 5 aromatic carbocycles. The summed E-state index contributed by atoms with van der Waals surface area (Å²) in [6.07, 6.45) is -5.75. The number of sulfonamides is 2. The number of benzene rings is 5. The second kappa shape index (κ2) is 35.7. The third-order valence-corrected chi connectivity index (χ3v) is 21.9. The SMILES string of the molecule is CCOP(=O)(COc1ccc(C[C@H](NC(=O)O[C@H]2CO[C@H]3OCCC32)[C@H](O)CN(CC(C)C)S(=O)(=O)c2ccc(OC)cc2)cc1)Oc1ccccc1.COc1ccc(S(=O)(=O)N(CC(C)C)C[C@@H](O)[C@H](Cc2ccc(OCP(=O)(O)O)cc2)NC(=O)O[C@H]2CO[C@H]3OCCC32)cc1. The van der Waals surface area contributed by atoms with Gasteiger partial charge in [-0.2, -0.15) is 8.61 Å². The van der Waals surface area contributed by atoms with Crippen LogP contribution in [0.15, 0.2) is 137 Å². The monoisotopic (exact) mass is 1450 g/mol. The van der Waals surface area contributed by atoms with Gasteiger partial charge in [0.05, 0.1) is 93.2 Å². The normalized spacial score (nSPS) is 21.0. The summed E-state index contributed by atoms with van der Waals surface area (Å²) in [6, 6.07) is 31.7. The summed E-state index contributed by atoms with van der Waals surface area (Å²) in [6.45, 7) is 10.3. The summed E-state index contributed by atoms with van der Waals surface area (Å²) < 4.78 is 148. The van der Waals surface area contributed by atoms with Gasteiger partial charge in [-0.25, -0.2) is 31.0 Å². The largest absolute Gasteiger partial charge is 0.497 e. The standard InChI is InChI=1S/C37H49N2O12PS.C29H41N2O12PS/c1-5-49-52(42,51-30-9-7-6-8-10-30)25-48-29-13-11-27(12-14-29)21-33(38-37(41)50-35-24-47-36-32(35)19-20-46-36)34(40)23-39(22-26(2)3)53(43,44)31-17-15-28(45-4)16-18-31;1-19(2)15-31(45(37,38)23-10-8-21(39-3)9-11-23)16-26(32)25(14-20-4-6-22(7-5-20)42-18-44(34,35)36)30-29(33)43-27-17-41-28-24(27)12-13-40-28/h6-18,26,32-36,40H,5,19-25H2,1-4H3,(H,38,41);4-11,19,24-28,32H,12-18H2,1-3H3,(H,30,33)(H2,34,35,36)/t32?,33-,34+,35-,36+,52?;24?,25-,26+,27-,28+/m00/s1. The number of rotatable bonds is 34. The van der Waals surface area contributed by atoms with Crippen molar-refractivity contribution in [3.63, 3.8) is 0 Å². The molecule has 0 aliphatic carbocycles. The van der Waals surface area contributed by atoms with Gasteiger partial charge in [-0.15, -0.1) is 0 Å². The Hall–Kier alpha value is -6.44. The molecule has 0 bridgehead atoms. The molecule has 4 saturated heterocycles. The first-order valence-electron chi connectivity index (χ1n) is 32.2. The molecule has 6 N–H and O–H groups in total. The topological polar surface area (TPSA) is 359 Å². The Balaban J connectivity index is 0.000000253. The average Bonchev–Trinajstić information content (AvgIpc) is 0.860. The van der Waals surface area contributed by atoms with Crippen LogP contribution < -0.4 is 34.1 Å². The average molecular weight is 1450 g/mol. The summed E-state index contributed by atoms with van der Waals surface area (Å²) in [5, 5.41) is 28.7. The van der Waals surface area contributed by atoms with Crippen molar-refractivity contribution in [2.75, 3.05) is 86.1 Å². The zero-order valence-electron chi connectivity index (χ0n) is 55.7. The number of amides is 2. The fourth-order valence-corrected chi connectivity index (χ4v) is 16.2. The van der Waals surface area contributed by atoms with Crippen molar-refractivity contribution in [2.45, 2.75) is 119 Å². The van der Waals surface area contributed by atoms with Crippen molar-refractivity contribution >= 4 is 47.4 Å². The fourth-order valence-electron chi connectivity index (χ4n) is 11.3. The molecule has 4 aliphatic heterocycles. The fraction of sp³-hybridized carbons (Fsp3) is 0.515. The van der Waals surface area contributed by atoms with E-state index in [1.165, 1.54) is 71.4 Å². The molecular weight excluding hydrogens is 1360 g/mol. The number of nitrogens with one attached hydrogen (secondary N) is 2. The maximum absolute atomic E-state index is 13.8. The van der Waals surface area contributed by atoms with Crippen LogP contribution in [0.2, 0.25) is 0 Å². The maximum atomic E-state index is 13.8. The van der Waals surface area contributed by atoms with E-state index in [4.69, 9.17) is 66.2 Å². The van der Waals surface area contributed by atoms with Gasteiger partial charge in [0.15, 0.2) is 18.9 Å². The minimum absolute atomic E-state index is 0.0283. The molecule has 2 amide bonds. The number of methoxy groups -OCH3 is 2. The number of para-hydroxylation sites is 1. The molecule has 3 unspecified atom stereocenters. The smallest absolute Gasteiger partial charge is 0.416 e. The van der Waals surface area contributed by atoms with Gasteiger partial charge in [-0.3, -0.25) is 9.09 Å². The summed E-state index contributed by atoms with van der Waals surface area (Å²) in [7, 11) is -13.1. The highest BCUT2D eigenvalue weighted by molar-refractivity contribution is 7.89. The minimum atomic E-state index is -4.37. The molecule has 4 heterocycles. The predicted octanol–water partition coefficient (Wildman–Crippen LogP) is 7.76. The first kappa shape index (κ1) is 77.3. The number of nitrogens with zero attached hydrogens (tertiary/aromatic N) is 2. The molecule has 5 aromatic rings. The predicted molar refractivity (Wildman–Crippen MR) is 357 cm³/mol. The van der Waals surface area contributed by atoms with Gasteiger partial charge in [0, 0.05) is 26.2 Å². The van der Waals surface area contributed by atoms with Crippen LogP contribution >= 0.6 is 15.2 Å². The molecule has 0 saturated carbocycles. The third-order valence-electron chi connectivity index (χ3n) is 16.2. The van der Waals surface area contributed by atoms with E-state index in [9.17, 15) is 45.8 Å². The third kappa shape index (κ3) is 22.5. The minimum Gasteiger partial charge on any atom is -0.497 e. The molecule has 32 heteroatoms. The van der Waals surface area contributed by atoms with Crippen LogP contribution in [0.25, 0.3) is 0 Å². The van der Waals surface area contributed by atoms with Crippen LogP contribution in [0.1, 0.15) is 58.6 Å². The lowest BCUT2D eigenvalue weighted by Crippen LogP contribution is -2.51. The van der Waals surface area contributed by atoms with Gasteiger partial charge >= 0.3 is 27.4 Å². The molecule has 540 valence electrons. The molecule has 0 aromatic heterocycles. The molecule has 0 spiro atoms. The number of aliphatic hydroxyl groups excluding tert-OH is 2. The maximum Gasteiger partial charge on any atom is 0.416 e. The molecule has 28 nitrogen and oxygen atoms in total. The van der Waals surface area contributed by atoms with E-state index in [1.54, 1.807) is 79.7 Å².